The van der Waals surface area contributed by atoms with Gasteiger partial charge in [0.1, 0.15) is 17.9 Å². The Bertz CT molecular complexity index is 1140. The summed E-state index contributed by atoms with van der Waals surface area (Å²) in [6, 6.07) is 11.8. The van der Waals surface area contributed by atoms with Crippen LogP contribution in [0.5, 0.6) is 0 Å². The second kappa shape index (κ2) is 7.55. The van der Waals surface area contributed by atoms with Gasteiger partial charge in [0.2, 0.25) is 0 Å². The minimum absolute atomic E-state index is 0.0415. The zero-order chi connectivity index (χ0) is 20.5. The molecular formula is C22H21N7O. The molecule has 30 heavy (non-hydrogen) atoms. The zero-order valence-corrected chi connectivity index (χ0v) is 16.3. The average molecular weight is 399 g/mol. The molecule has 2 aliphatic rings. The summed E-state index contributed by atoms with van der Waals surface area (Å²) in [5.74, 6) is 1.12. The van der Waals surface area contributed by atoms with E-state index in [-0.39, 0.29) is 11.8 Å². The minimum Gasteiger partial charge on any atom is -0.384 e. The highest BCUT2D eigenvalue weighted by Crippen LogP contribution is 2.37. The lowest BCUT2D eigenvalue weighted by Gasteiger charge is -2.17. The zero-order valence-electron chi connectivity index (χ0n) is 16.3. The third-order valence-electron chi connectivity index (χ3n) is 5.35. The molecule has 0 spiro atoms. The van der Waals surface area contributed by atoms with Crippen molar-refractivity contribution in [2.75, 3.05) is 11.1 Å². The van der Waals surface area contributed by atoms with Crippen LogP contribution in [0.4, 0.5) is 11.5 Å². The Morgan fingerprint density at radius 3 is 2.90 bits per heavy atom. The number of benzene rings is 1. The van der Waals surface area contributed by atoms with Crippen LogP contribution < -0.4 is 11.1 Å². The van der Waals surface area contributed by atoms with Crippen LogP contribution in [-0.4, -0.2) is 31.4 Å². The first kappa shape index (κ1) is 18.2. The number of hydrogen-bond acceptors (Lipinski definition) is 6. The van der Waals surface area contributed by atoms with Crippen molar-refractivity contribution in [1.82, 2.24) is 19.7 Å². The molecule has 8 heteroatoms. The van der Waals surface area contributed by atoms with Crippen LogP contribution in [0.2, 0.25) is 0 Å². The van der Waals surface area contributed by atoms with Crippen molar-refractivity contribution < 1.29 is 4.79 Å². The van der Waals surface area contributed by atoms with E-state index in [9.17, 15) is 4.79 Å². The monoisotopic (exact) mass is 399 g/mol. The molecule has 0 bridgehead atoms. The second-order valence-corrected chi connectivity index (χ2v) is 7.57. The Balaban J connectivity index is 1.31. The van der Waals surface area contributed by atoms with Gasteiger partial charge in [-0.1, -0.05) is 24.3 Å². The lowest BCUT2D eigenvalue weighted by molar-refractivity contribution is -0.110. The van der Waals surface area contributed by atoms with Crippen LogP contribution in [0.1, 0.15) is 36.8 Å². The summed E-state index contributed by atoms with van der Waals surface area (Å²) in [6.45, 7) is 0. The van der Waals surface area contributed by atoms with E-state index < -0.39 is 0 Å². The summed E-state index contributed by atoms with van der Waals surface area (Å²) >= 11 is 0. The van der Waals surface area contributed by atoms with E-state index in [2.05, 4.69) is 30.1 Å². The molecule has 150 valence electrons. The molecule has 1 saturated carbocycles. The van der Waals surface area contributed by atoms with E-state index in [0.29, 0.717) is 29.7 Å². The largest absolute Gasteiger partial charge is 0.384 e. The van der Waals surface area contributed by atoms with E-state index in [0.717, 1.165) is 29.8 Å². The highest BCUT2D eigenvalue weighted by molar-refractivity contribution is 6.43. The SMILES string of the molecule is Nc1ccc(C2C=CN=C(C(=O)Nc3cccc(-c4nncn4C4CC4)c3)C2)cn1. The Kier molecular flexibility index (Phi) is 4.59. The molecule has 1 fully saturated rings. The number of allylic oxidation sites excluding steroid dienone is 1. The van der Waals surface area contributed by atoms with E-state index in [1.807, 2.05) is 36.4 Å². The van der Waals surface area contributed by atoms with Crippen molar-refractivity contribution in [2.45, 2.75) is 31.2 Å². The summed E-state index contributed by atoms with van der Waals surface area (Å²) < 4.78 is 2.10. The number of nitrogens with zero attached hydrogens (tertiary/aromatic N) is 5. The average Bonchev–Trinajstić information content (AvgIpc) is 3.50. The Morgan fingerprint density at radius 2 is 2.10 bits per heavy atom. The molecule has 8 nitrogen and oxygen atoms in total. The minimum atomic E-state index is -0.214. The number of carbonyl (C=O) groups is 1. The van der Waals surface area contributed by atoms with Gasteiger partial charge >= 0.3 is 0 Å². The lowest BCUT2D eigenvalue weighted by atomic mass is 9.93. The number of nitrogen functional groups attached to an aromatic ring is 1. The first-order valence-electron chi connectivity index (χ1n) is 9.93. The first-order chi connectivity index (χ1) is 14.7. The Labute approximate surface area is 173 Å². The molecular weight excluding hydrogens is 378 g/mol. The lowest BCUT2D eigenvalue weighted by Crippen LogP contribution is -2.25. The van der Waals surface area contributed by atoms with Crippen LogP contribution in [0.25, 0.3) is 11.4 Å². The summed E-state index contributed by atoms with van der Waals surface area (Å²) in [7, 11) is 0. The fourth-order valence-electron chi connectivity index (χ4n) is 3.59. The maximum Gasteiger partial charge on any atom is 0.270 e. The summed E-state index contributed by atoms with van der Waals surface area (Å²) in [6.07, 6.45) is 9.96. The molecule has 1 atom stereocenters. The molecule has 1 unspecified atom stereocenters. The van der Waals surface area contributed by atoms with Crippen molar-refractivity contribution in [1.29, 1.82) is 0 Å². The van der Waals surface area contributed by atoms with Crippen molar-refractivity contribution in [2.24, 2.45) is 4.99 Å². The topological polar surface area (TPSA) is 111 Å². The van der Waals surface area contributed by atoms with Gasteiger partial charge in [0, 0.05) is 42.0 Å². The smallest absolute Gasteiger partial charge is 0.270 e. The summed E-state index contributed by atoms with van der Waals surface area (Å²) in [4.78, 5) is 21.3. The highest BCUT2D eigenvalue weighted by Gasteiger charge is 2.26. The van der Waals surface area contributed by atoms with Crippen molar-refractivity contribution in [3.63, 3.8) is 0 Å². The first-order valence-corrected chi connectivity index (χ1v) is 9.93. The molecule has 3 aromatic rings. The van der Waals surface area contributed by atoms with Crippen LogP contribution in [-0.2, 0) is 4.79 Å². The molecule has 0 saturated heterocycles. The molecule has 5 rings (SSSR count). The standard InChI is InChI=1S/C22H21N7O/c23-20-7-4-16(12-25-20)14-8-9-24-19(11-14)22(30)27-17-3-1-2-15(10-17)21-28-26-13-29(21)18-5-6-18/h1-4,7-10,12-14,18H,5-6,11H2,(H2,23,25)(H,27,30). The Hall–Kier alpha value is -3.81. The van der Waals surface area contributed by atoms with Crippen molar-refractivity contribution >= 4 is 23.1 Å². The van der Waals surface area contributed by atoms with Gasteiger partial charge in [-0.05, 0) is 36.6 Å². The number of nitrogens with two attached hydrogens (primary N) is 1. The molecule has 3 heterocycles. The fourth-order valence-corrected chi connectivity index (χ4v) is 3.59. The highest BCUT2D eigenvalue weighted by atomic mass is 16.1. The number of pyridine rings is 1. The molecule has 1 amide bonds. The number of aromatic nitrogens is 4. The number of rotatable bonds is 5. The van der Waals surface area contributed by atoms with Crippen LogP contribution in [0, 0.1) is 0 Å². The van der Waals surface area contributed by atoms with E-state index >= 15 is 0 Å². The van der Waals surface area contributed by atoms with E-state index in [1.165, 1.54) is 0 Å². The molecule has 1 aromatic carbocycles. The normalized spacial score (nSPS) is 18.1. The van der Waals surface area contributed by atoms with Crippen LogP contribution in [0.15, 0.2) is 66.2 Å². The molecule has 3 N–H and O–H groups in total. The van der Waals surface area contributed by atoms with Gasteiger partial charge in [0.05, 0.1) is 0 Å². The molecule has 2 aromatic heterocycles. The van der Waals surface area contributed by atoms with Crippen molar-refractivity contribution in [3.8, 4) is 11.4 Å². The van der Waals surface area contributed by atoms with Crippen LogP contribution >= 0.6 is 0 Å². The number of anilines is 2. The van der Waals surface area contributed by atoms with Gasteiger partial charge in [-0.25, -0.2) is 4.98 Å². The van der Waals surface area contributed by atoms with Gasteiger partial charge in [-0.15, -0.1) is 10.2 Å². The van der Waals surface area contributed by atoms with Gasteiger partial charge in [-0.2, -0.15) is 0 Å². The number of aliphatic imine (C=N–C) groups is 1. The van der Waals surface area contributed by atoms with Crippen LogP contribution in [0.3, 0.4) is 0 Å². The van der Waals surface area contributed by atoms with Gasteiger partial charge in [-0.3, -0.25) is 9.79 Å². The van der Waals surface area contributed by atoms with E-state index in [1.54, 1.807) is 24.8 Å². The van der Waals surface area contributed by atoms with Gasteiger partial charge in [0.15, 0.2) is 5.82 Å². The number of amides is 1. The molecule has 1 aliphatic heterocycles. The predicted octanol–water partition coefficient (Wildman–Crippen LogP) is 3.34. The maximum absolute atomic E-state index is 12.8. The van der Waals surface area contributed by atoms with Crippen molar-refractivity contribution in [3.05, 3.63) is 66.8 Å². The fraction of sp³-hybridized carbons (Fsp3) is 0.227. The summed E-state index contributed by atoms with van der Waals surface area (Å²) in [5.41, 5.74) is 8.77. The third-order valence-corrected chi connectivity index (χ3v) is 5.35. The third kappa shape index (κ3) is 3.71. The van der Waals surface area contributed by atoms with Gasteiger partial charge < -0.3 is 15.6 Å². The van der Waals surface area contributed by atoms with E-state index in [4.69, 9.17) is 5.73 Å². The predicted molar refractivity (Wildman–Crippen MR) is 115 cm³/mol. The second-order valence-electron chi connectivity index (χ2n) is 7.57. The Morgan fingerprint density at radius 1 is 1.20 bits per heavy atom. The quantitative estimate of drug-likeness (QED) is 0.683. The number of hydrogen-bond donors (Lipinski definition) is 2. The van der Waals surface area contributed by atoms with Gasteiger partial charge in [0.25, 0.3) is 5.91 Å². The number of nitrogens with one attached hydrogen (secondary N) is 1. The number of carbonyl (C=O) groups excluding carboxylic acids is 1. The molecule has 0 radical (unpaired) electrons. The summed E-state index contributed by atoms with van der Waals surface area (Å²) in [5, 5.41) is 11.3. The molecule has 1 aliphatic carbocycles. The maximum atomic E-state index is 12.8.